The molecule has 0 radical (unpaired) electrons. The minimum absolute atomic E-state index is 0.0801. The maximum atomic E-state index is 13.5. The highest BCUT2D eigenvalue weighted by molar-refractivity contribution is 9.10. The molecule has 2 aromatic rings. The molecule has 4 nitrogen and oxygen atoms in total. The third-order valence-corrected chi connectivity index (χ3v) is 4.18. The van der Waals surface area contributed by atoms with E-state index in [0.717, 1.165) is 23.3 Å². The molecule has 7 heteroatoms. The van der Waals surface area contributed by atoms with E-state index in [1.807, 2.05) is 17.7 Å². The van der Waals surface area contributed by atoms with E-state index in [1.54, 1.807) is 11.3 Å². The lowest BCUT2D eigenvalue weighted by molar-refractivity contribution is -0.384. The number of nitrogens with zero attached hydrogens (tertiary/aromatic N) is 1. The molecule has 0 bridgehead atoms. The lowest BCUT2D eigenvalue weighted by Crippen LogP contribution is -2.03. The Hall–Kier alpha value is -1.47. The Kier molecular flexibility index (Phi) is 4.16. The third-order valence-electron chi connectivity index (χ3n) is 2.67. The fourth-order valence-electron chi connectivity index (χ4n) is 1.59. The van der Waals surface area contributed by atoms with Crippen LogP contribution in [-0.2, 0) is 6.54 Å². The molecule has 0 saturated heterocycles. The molecule has 0 atom stereocenters. The van der Waals surface area contributed by atoms with Crippen molar-refractivity contribution in [2.75, 3.05) is 5.32 Å². The van der Waals surface area contributed by atoms with Crippen LogP contribution in [0.2, 0.25) is 0 Å². The van der Waals surface area contributed by atoms with Gasteiger partial charge < -0.3 is 5.32 Å². The molecule has 0 amide bonds. The van der Waals surface area contributed by atoms with Gasteiger partial charge in [-0.25, -0.2) is 4.39 Å². The zero-order valence-electron chi connectivity index (χ0n) is 9.94. The summed E-state index contributed by atoms with van der Waals surface area (Å²) < 4.78 is 13.5. The summed E-state index contributed by atoms with van der Waals surface area (Å²) in [5.74, 6) is -0.532. The second kappa shape index (κ2) is 5.66. The first-order valence-electron chi connectivity index (χ1n) is 5.38. The van der Waals surface area contributed by atoms with Crippen LogP contribution in [0.1, 0.15) is 11.1 Å². The molecule has 100 valence electrons. The number of nitro benzene ring substituents is 1. The van der Waals surface area contributed by atoms with Crippen molar-refractivity contribution in [1.29, 1.82) is 0 Å². The van der Waals surface area contributed by atoms with Crippen LogP contribution in [0.5, 0.6) is 0 Å². The van der Waals surface area contributed by atoms with Gasteiger partial charge in [-0.3, -0.25) is 10.1 Å². The zero-order chi connectivity index (χ0) is 14.0. The van der Waals surface area contributed by atoms with Crippen LogP contribution in [0.15, 0.2) is 27.4 Å². The SMILES string of the molecule is Cc1cscc1CNc1cc(F)c(Br)cc1[N+](=O)[O-]. The number of halogens is 2. The minimum atomic E-state index is -0.535. The van der Waals surface area contributed by atoms with Crippen LogP contribution in [0, 0.1) is 22.9 Å². The van der Waals surface area contributed by atoms with Crippen molar-refractivity contribution in [2.24, 2.45) is 0 Å². The number of hydrogen-bond donors (Lipinski definition) is 1. The predicted octanol–water partition coefficient (Wildman–Crippen LogP) is 4.48. The summed E-state index contributed by atoms with van der Waals surface area (Å²) in [6, 6.07) is 2.29. The van der Waals surface area contributed by atoms with E-state index in [4.69, 9.17) is 0 Å². The Morgan fingerprint density at radius 3 is 2.79 bits per heavy atom. The van der Waals surface area contributed by atoms with Crippen molar-refractivity contribution in [3.8, 4) is 0 Å². The molecular weight excluding hydrogens is 335 g/mol. The van der Waals surface area contributed by atoms with Gasteiger partial charge in [-0.1, -0.05) is 0 Å². The fourth-order valence-corrected chi connectivity index (χ4v) is 2.78. The molecule has 1 heterocycles. The molecule has 19 heavy (non-hydrogen) atoms. The first-order chi connectivity index (χ1) is 8.99. The van der Waals surface area contributed by atoms with Crippen LogP contribution < -0.4 is 5.32 Å². The van der Waals surface area contributed by atoms with Crippen molar-refractivity contribution in [1.82, 2.24) is 0 Å². The van der Waals surface area contributed by atoms with Gasteiger partial charge in [0.1, 0.15) is 11.5 Å². The average molecular weight is 345 g/mol. The summed E-state index contributed by atoms with van der Waals surface area (Å²) in [6.07, 6.45) is 0. The van der Waals surface area contributed by atoms with E-state index in [-0.39, 0.29) is 15.8 Å². The first kappa shape index (κ1) is 14.0. The van der Waals surface area contributed by atoms with Crippen LogP contribution >= 0.6 is 27.3 Å². The van der Waals surface area contributed by atoms with Gasteiger partial charge in [0, 0.05) is 18.7 Å². The predicted molar refractivity (Wildman–Crippen MR) is 77.1 cm³/mol. The summed E-state index contributed by atoms with van der Waals surface area (Å²) in [5, 5.41) is 17.8. The zero-order valence-corrected chi connectivity index (χ0v) is 12.3. The van der Waals surface area contributed by atoms with Crippen molar-refractivity contribution < 1.29 is 9.31 Å². The molecule has 0 aliphatic carbocycles. The van der Waals surface area contributed by atoms with Gasteiger partial charge in [0.05, 0.1) is 9.40 Å². The number of rotatable bonds is 4. The standard InChI is InChI=1S/C12H10BrFN2O2S/c1-7-5-19-6-8(7)4-15-11-3-10(14)9(13)2-12(11)16(17)18/h2-3,5-6,15H,4H2,1H3. The average Bonchev–Trinajstić information content (AvgIpc) is 2.75. The van der Waals surface area contributed by atoms with Crippen LogP contribution in [-0.4, -0.2) is 4.92 Å². The smallest absolute Gasteiger partial charge is 0.293 e. The van der Waals surface area contributed by atoms with Crippen LogP contribution in [0.25, 0.3) is 0 Å². The molecule has 0 unspecified atom stereocenters. The molecule has 0 fully saturated rings. The fraction of sp³-hybridized carbons (Fsp3) is 0.167. The van der Waals surface area contributed by atoms with Crippen LogP contribution in [0.3, 0.4) is 0 Å². The van der Waals surface area contributed by atoms with E-state index in [9.17, 15) is 14.5 Å². The van der Waals surface area contributed by atoms with E-state index in [1.165, 1.54) is 0 Å². The summed E-state index contributed by atoms with van der Waals surface area (Å²) in [4.78, 5) is 10.4. The van der Waals surface area contributed by atoms with Gasteiger partial charge >= 0.3 is 0 Å². The number of anilines is 1. The topological polar surface area (TPSA) is 55.2 Å². The third kappa shape index (κ3) is 3.10. The van der Waals surface area contributed by atoms with E-state index < -0.39 is 10.7 Å². The van der Waals surface area contributed by atoms with Gasteiger partial charge in [0.15, 0.2) is 0 Å². The molecule has 0 aliphatic heterocycles. The summed E-state index contributed by atoms with van der Waals surface area (Å²) in [5.41, 5.74) is 2.18. The highest BCUT2D eigenvalue weighted by atomic mass is 79.9. The Morgan fingerprint density at radius 2 is 2.21 bits per heavy atom. The van der Waals surface area contributed by atoms with Gasteiger partial charge in [-0.05, 0) is 44.7 Å². The Morgan fingerprint density at radius 1 is 1.47 bits per heavy atom. The Balaban J connectivity index is 2.26. The van der Waals surface area contributed by atoms with Gasteiger partial charge in [-0.15, -0.1) is 0 Å². The Bertz CT molecular complexity index is 630. The molecule has 0 spiro atoms. The van der Waals surface area contributed by atoms with Crippen molar-refractivity contribution >= 4 is 38.6 Å². The number of hydrogen-bond acceptors (Lipinski definition) is 4. The van der Waals surface area contributed by atoms with Gasteiger partial charge in [0.2, 0.25) is 0 Å². The summed E-state index contributed by atoms with van der Waals surface area (Å²) in [6.45, 7) is 2.39. The van der Waals surface area contributed by atoms with Gasteiger partial charge in [0.25, 0.3) is 5.69 Å². The summed E-state index contributed by atoms with van der Waals surface area (Å²) >= 11 is 4.51. The maximum absolute atomic E-state index is 13.5. The number of aryl methyl sites for hydroxylation is 1. The largest absolute Gasteiger partial charge is 0.375 e. The van der Waals surface area contributed by atoms with Crippen LogP contribution in [0.4, 0.5) is 15.8 Å². The quantitative estimate of drug-likeness (QED) is 0.657. The highest BCUT2D eigenvalue weighted by Crippen LogP contribution is 2.31. The van der Waals surface area contributed by atoms with Gasteiger partial charge in [-0.2, -0.15) is 11.3 Å². The number of nitro groups is 1. The molecule has 1 aromatic heterocycles. The minimum Gasteiger partial charge on any atom is -0.375 e. The van der Waals surface area contributed by atoms with Crippen molar-refractivity contribution in [2.45, 2.75) is 13.5 Å². The maximum Gasteiger partial charge on any atom is 0.293 e. The van der Waals surface area contributed by atoms with E-state index in [0.29, 0.717) is 6.54 Å². The highest BCUT2D eigenvalue weighted by Gasteiger charge is 2.17. The number of thiophene rings is 1. The molecule has 1 aromatic carbocycles. The second-order valence-corrected chi connectivity index (χ2v) is 5.57. The normalized spacial score (nSPS) is 10.5. The lowest BCUT2D eigenvalue weighted by Gasteiger charge is -2.08. The summed E-state index contributed by atoms with van der Waals surface area (Å²) in [7, 11) is 0. The first-order valence-corrected chi connectivity index (χ1v) is 7.11. The van der Waals surface area contributed by atoms with Crippen molar-refractivity contribution in [3.63, 3.8) is 0 Å². The molecular formula is C12H10BrFN2O2S. The molecule has 2 rings (SSSR count). The van der Waals surface area contributed by atoms with E-state index >= 15 is 0 Å². The van der Waals surface area contributed by atoms with E-state index in [2.05, 4.69) is 21.2 Å². The molecule has 1 N–H and O–H groups in total. The number of nitrogens with one attached hydrogen (secondary N) is 1. The lowest BCUT2D eigenvalue weighted by atomic mass is 10.2. The van der Waals surface area contributed by atoms with Crippen molar-refractivity contribution in [3.05, 3.63) is 54.4 Å². The molecule has 0 saturated carbocycles. The molecule has 0 aliphatic rings. The monoisotopic (exact) mass is 344 g/mol. The Labute approximate surface area is 121 Å². The second-order valence-electron chi connectivity index (χ2n) is 3.97. The number of benzene rings is 1.